The number of hydrogen-bond acceptors (Lipinski definition) is 3. The van der Waals surface area contributed by atoms with Crippen molar-refractivity contribution < 1.29 is 9.47 Å². The van der Waals surface area contributed by atoms with E-state index in [-0.39, 0.29) is 0 Å². The Labute approximate surface area is 167 Å². The smallest absolute Gasteiger partial charge is 0.161 e. The van der Waals surface area contributed by atoms with Gasteiger partial charge in [0.05, 0.1) is 14.2 Å². The fourth-order valence-corrected chi connectivity index (χ4v) is 3.36. The maximum atomic E-state index is 5.52. The van der Waals surface area contributed by atoms with Crippen LogP contribution >= 0.6 is 0 Å². The van der Waals surface area contributed by atoms with Gasteiger partial charge >= 0.3 is 0 Å². The zero-order chi connectivity index (χ0) is 19.8. The van der Waals surface area contributed by atoms with E-state index in [4.69, 9.17) is 9.47 Å². The van der Waals surface area contributed by atoms with E-state index in [9.17, 15) is 0 Å². The molecule has 0 saturated carbocycles. The molecule has 0 spiro atoms. The van der Waals surface area contributed by atoms with Crippen LogP contribution in [0, 0.1) is 0 Å². The molecule has 3 aromatic rings. The Morgan fingerprint density at radius 3 is 1.71 bits per heavy atom. The molecule has 3 rings (SSSR count). The number of methoxy groups -OCH3 is 2. The van der Waals surface area contributed by atoms with Crippen LogP contribution in [0.25, 0.3) is 6.08 Å². The van der Waals surface area contributed by atoms with Crippen LogP contribution < -0.4 is 9.47 Å². The van der Waals surface area contributed by atoms with E-state index in [0.717, 1.165) is 36.7 Å². The van der Waals surface area contributed by atoms with Gasteiger partial charge in [-0.3, -0.25) is 4.90 Å². The minimum atomic E-state index is 0.721. The molecule has 0 aliphatic carbocycles. The Morgan fingerprint density at radius 2 is 1.25 bits per heavy atom. The van der Waals surface area contributed by atoms with Crippen molar-refractivity contribution in [1.82, 2.24) is 4.90 Å². The van der Waals surface area contributed by atoms with Crippen molar-refractivity contribution in [1.29, 1.82) is 0 Å². The standard InChI is InChI=1S/C25H27NO2/c1-4-22-15-24(27-2)25(28-3)16-23(22)19-26(17-20-11-7-5-8-12-20)18-21-13-9-6-10-14-21/h4-16H,1,17-19H2,2-3H3. The van der Waals surface area contributed by atoms with Crippen molar-refractivity contribution in [2.75, 3.05) is 14.2 Å². The highest BCUT2D eigenvalue weighted by Crippen LogP contribution is 2.32. The van der Waals surface area contributed by atoms with Gasteiger partial charge in [0.1, 0.15) is 0 Å². The van der Waals surface area contributed by atoms with Gasteiger partial charge in [0.2, 0.25) is 0 Å². The molecule has 0 radical (unpaired) electrons. The van der Waals surface area contributed by atoms with Crippen LogP contribution in [-0.4, -0.2) is 19.1 Å². The van der Waals surface area contributed by atoms with Gasteiger partial charge < -0.3 is 9.47 Å². The Kier molecular flexibility index (Phi) is 6.88. The Bertz CT molecular complexity index is 850. The summed E-state index contributed by atoms with van der Waals surface area (Å²) in [6, 6.07) is 25.2. The van der Waals surface area contributed by atoms with Crippen LogP contribution in [0.1, 0.15) is 22.3 Å². The van der Waals surface area contributed by atoms with Gasteiger partial charge in [0.15, 0.2) is 11.5 Å². The van der Waals surface area contributed by atoms with Crippen molar-refractivity contribution in [3.05, 3.63) is 102 Å². The molecule has 3 heteroatoms. The molecule has 0 N–H and O–H groups in total. The summed E-state index contributed by atoms with van der Waals surface area (Å²) in [5.74, 6) is 1.46. The lowest BCUT2D eigenvalue weighted by atomic mass is 10.0. The summed E-state index contributed by atoms with van der Waals surface area (Å²) in [7, 11) is 3.32. The van der Waals surface area contributed by atoms with Crippen molar-refractivity contribution in [3.8, 4) is 11.5 Å². The quantitative estimate of drug-likeness (QED) is 0.491. The number of hydrogen-bond donors (Lipinski definition) is 0. The summed E-state index contributed by atoms with van der Waals surface area (Å²) in [5, 5.41) is 0. The first-order valence-corrected chi connectivity index (χ1v) is 9.41. The number of nitrogens with zero attached hydrogens (tertiary/aromatic N) is 1. The molecule has 3 nitrogen and oxygen atoms in total. The van der Waals surface area contributed by atoms with E-state index in [1.165, 1.54) is 16.7 Å². The average molecular weight is 373 g/mol. The van der Waals surface area contributed by atoms with E-state index in [2.05, 4.69) is 78.2 Å². The lowest BCUT2D eigenvalue weighted by molar-refractivity contribution is 0.247. The van der Waals surface area contributed by atoms with E-state index in [1.807, 2.05) is 12.1 Å². The predicted molar refractivity (Wildman–Crippen MR) is 115 cm³/mol. The van der Waals surface area contributed by atoms with Crippen LogP contribution in [0.2, 0.25) is 0 Å². The van der Waals surface area contributed by atoms with E-state index < -0.39 is 0 Å². The first kappa shape index (κ1) is 19.7. The molecule has 28 heavy (non-hydrogen) atoms. The average Bonchev–Trinajstić information content (AvgIpc) is 2.74. The second-order valence-corrected chi connectivity index (χ2v) is 6.73. The zero-order valence-corrected chi connectivity index (χ0v) is 16.6. The molecular formula is C25H27NO2. The highest BCUT2D eigenvalue weighted by Gasteiger charge is 2.14. The highest BCUT2D eigenvalue weighted by atomic mass is 16.5. The lowest BCUT2D eigenvalue weighted by Crippen LogP contribution is -2.23. The topological polar surface area (TPSA) is 21.7 Å². The van der Waals surface area contributed by atoms with Gasteiger partial charge in [-0.05, 0) is 34.4 Å². The molecule has 3 aromatic carbocycles. The first-order chi connectivity index (χ1) is 13.7. The van der Waals surface area contributed by atoms with Crippen LogP contribution in [0.4, 0.5) is 0 Å². The van der Waals surface area contributed by atoms with Crippen LogP contribution in [0.15, 0.2) is 79.4 Å². The third kappa shape index (κ3) is 5.02. The summed E-state index contributed by atoms with van der Waals surface area (Å²) in [6.45, 7) is 6.49. The molecule has 0 aliphatic heterocycles. The molecule has 0 aliphatic rings. The monoisotopic (exact) mass is 373 g/mol. The van der Waals surface area contributed by atoms with E-state index in [1.54, 1.807) is 14.2 Å². The predicted octanol–water partition coefficient (Wildman–Crippen LogP) is 5.55. The maximum absolute atomic E-state index is 5.52. The summed E-state index contributed by atoms with van der Waals surface area (Å²) >= 11 is 0. The molecule has 0 unspecified atom stereocenters. The Balaban J connectivity index is 1.91. The summed E-state index contributed by atoms with van der Waals surface area (Å²) in [4.78, 5) is 2.43. The van der Waals surface area contributed by atoms with Crippen molar-refractivity contribution in [3.63, 3.8) is 0 Å². The highest BCUT2D eigenvalue weighted by molar-refractivity contribution is 5.59. The van der Waals surface area contributed by atoms with Crippen molar-refractivity contribution >= 4 is 6.08 Å². The summed E-state index contributed by atoms with van der Waals surface area (Å²) in [6.07, 6.45) is 1.88. The Morgan fingerprint density at radius 1 is 0.750 bits per heavy atom. The van der Waals surface area contributed by atoms with Crippen LogP contribution in [0.3, 0.4) is 0 Å². The van der Waals surface area contributed by atoms with Crippen molar-refractivity contribution in [2.24, 2.45) is 0 Å². The number of rotatable bonds is 9. The molecule has 0 saturated heterocycles. The van der Waals surface area contributed by atoms with E-state index >= 15 is 0 Å². The second kappa shape index (κ2) is 9.77. The molecule has 144 valence electrons. The molecule has 0 aromatic heterocycles. The number of ether oxygens (including phenoxy) is 2. The molecule has 0 fully saturated rings. The van der Waals surface area contributed by atoms with Gasteiger partial charge in [-0.1, -0.05) is 73.3 Å². The van der Waals surface area contributed by atoms with Gasteiger partial charge in [-0.2, -0.15) is 0 Å². The normalized spacial score (nSPS) is 10.7. The molecular weight excluding hydrogens is 346 g/mol. The zero-order valence-electron chi connectivity index (χ0n) is 16.6. The van der Waals surface area contributed by atoms with Crippen LogP contribution in [-0.2, 0) is 19.6 Å². The van der Waals surface area contributed by atoms with Gasteiger partial charge in [0, 0.05) is 19.6 Å². The minimum Gasteiger partial charge on any atom is -0.493 e. The Hall–Kier alpha value is -3.04. The third-order valence-corrected chi connectivity index (χ3v) is 4.76. The molecule has 0 heterocycles. The SMILES string of the molecule is C=Cc1cc(OC)c(OC)cc1CN(Cc1ccccc1)Cc1ccccc1. The number of benzene rings is 3. The summed E-state index contributed by atoms with van der Waals surface area (Å²) < 4.78 is 11.0. The third-order valence-electron chi connectivity index (χ3n) is 4.76. The fourth-order valence-electron chi connectivity index (χ4n) is 3.36. The molecule has 0 bridgehead atoms. The largest absolute Gasteiger partial charge is 0.493 e. The molecule has 0 amide bonds. The lowest BCUT2D eigenvalue weighted by Gasteiger charge is -2.24. The first-order valence-electron chi connectivity index (χ1n) is 9.41. The van der Waals surface area contributed by atoms with Gasteiger partial charge in [0.25, 0.3) is 0 Å². The van der Waals surface area contributed by atoms with Crippen molar-refractivity contribution in [2.45, 2.75) is 19.6 Å². The fraction of sp³-hybridized carbons (Fsp3) is 0.200. The van der Waals surface area contributed by atoms with E-state index in [0.29, 0.717) is 0 Å². The van der Waals surface area contributed by atoms with Crippen LogP contribution in [0.5, 0.6) is 11.5 Å². The van der Waals surface area contributed by atoms with Gasteiger partial charge in [-0.15, -0.1) is 0 Å². The molecule has 0 atom stereocenters. The second-order valence-electron chi connectivity index (χ2n) is 6.73. The maximum Gasteiger partial charge on any atom is 0.161 e. The van der Waals surface area contributed by atoms with Gasteiger partial charge in [-0.25, -0.2) is 0 Å². The minimum absolute atomic E-state index is 0.721. The summed E-state index contributed by atoms with van der Waals surface area (Å²) in [5.41, 5.74) is 4.81.